The summed E-state index contributed by atoms with van der Waals surface area (Å²) in [6.07, 6.45) is 0. The van der Waals surface area contributed by atoms with E-state index in [4.69, 9.17) is 0 Å². The average Bonchev–Trinajstić information content (AvgIpc) is 2.78. The standard InChI is InChI=1S/C21H23N5O5S/c1-4-26-21(29)17-8-6-5-7-16(17)19(24-26)20(28)23-22-18(27)13-25(3)32(30,31)15-11-9-14(2)10-12-15/h5-12H,4,13H2,1-3H3,(H,22,27)(H,23,28). The highest BCUT2D eigenvalue weighted by Gasteiger charge is 2.23. The molecule has 1 heterocycles. The van der Waals surface area contributed by atoms with E-state index in [2.05, 4.69) is 16.0 Å². The van der Waals surface area contributed by atoms with Gasteiger partial charge in [-0.1, -0.05) is 35.9 Å². The molecule has 168 valence electrons. The number of likely N-dealkylation sites (N-methyl/N-ethyl adjacent to an activating group) is 1. The average molecular weight is 458 g/mol. The third-order valence-corrected chi connectivity index (χ3v) is 6.61. The molecule has 3 aromatic rings. The quantitative estimate of drug-likeness (QED) is 0.527. The molecule has 0 saturated carbocycles. The molecule has 32 heavy (non-hydrogen) atoms. The molecule has 0 aliphatic heterocycles. The van der Waals surface area contributed by atoms with E-state index in [0.717, 1.165) is 14.6 Å². The molecular formula is C21H23N5O5S. The maximum atomic E-state index is 12.6. The summed E-state index contributed by atoms with van der Waals surface area (Å²) in [6.45, 7) is 3.30. The van der Waals surface area contributed by atoms with E-state index in [1.807, 2.05) is 6.92 Å². The highest BCUT2D eigenvalue weighted by molar-refractivity contribution is 7.89. The number of aromatic nitrogens is 2. The molecule has 0 bridgehead atoms. The summed E-state index contributed by atoms with van der Waals surface area (Å²) >= 11 is 0. The molecule has 0 unspecified atom stereocenters. The molecule has 2 N–H and O–H groups in total. The first kappa shape index (κ1) is 23.1. The Hall–Kier alpha value is -3.57. The molecule has 10 nitrogen and oxygen atoms in total. The number of fused-ring (bicyclic) bond motifs is 1. The molecule has 0 fully saturated rings. The third kappa shape index (κ3) is 4.68. The molecule has 11 heteroatoms. The van der Waals surface area contributed by atoms with Crippen molar-refractivity contribution < 1.29 is 18.0 Å². The van der Waals surface area contributed by atoms with Gasteiger partial charge < -0.3 is 0 Å². The van der Waals surface area contributed by atoms with Crippen molar-refractivity contribution >= 4 is 32.6 Å². The second kappa shape index (κ2) is 9.28. The number of rotatable bonds is 6. The van der Waals surface area contributed by atoms with Crippen molar-refractivity contribution in [1.29, 1.82) is 0 Å². The summed E-state index contributed by atoms with van der Waals surface area (Å²) < 4.78 is 27.2. The second-order valence-corrected chi connectivity index (χ2v) is 9.14. The Labute approximate surface area is 184 Å². The predicted octanol–water partition coefficient (Wildman–Crippen LogP) is 0.807. The highest BCUT2D eigenvalue weighted by Crippen LogP contribution is 2.15. The van der Waals surface area contributed by atoms with E-state index in [1.165, 1.54) is 19.2 Å². The van der Waals surface area contributed by atoms with Crippen molar-refractivity contribution in [3.8, 4) is 0 Å². The number of hydrazine groups is 1. The Morgan fingerprint density at radius 1 is 1.03 bits per heavy atom. The van der Waals surface area contributed by atoms with Crippen LogP contribution in [-0.2, 0) is 21.4 Å². The summed E-state index contributed by atoms with van der Waals surface area (Å²) in [4.78, 5) is 37.3. The molecule has 3 rings (SSSR count). The Kier molecular flexibility index (Phi) is 6.70. The minimum atomic E-state index is -3.87. The Morgan fingerprint density at radius 2 is 1.66 bits per heavy atom. The fraction of sp³-hybridized carbons (Fsp3) is 0.238. The van der Waals surface area contributed by atoms with Gasteiger partial charge in [0.25, 0.3) is 17.4 Å². The van der Waals surface area contributed by atoms with Crippen LogP contribution in [0.2, 0.25) is 0 Å². The van der Waals surface area contributed by atoms with Crippen LogP contribution in [0.4, 0.5) is 0 Å². The molecule has 2 amide bonds. The summed E-state index contributed by atoms with van der Waals surface area (Å²) in [6, 6.07) is 12.8. The van der Waals surface area contributed by atoms with Gasteiger partial charge in [0.1, 0.15) is 0 Å². The number of hydrogen-bond acceptors (Lipinski definition) is 6. The summed E-state index contributed by atoms with van der Waals surface area (Å²) in [5, 5.41) is 4.74. The highest BCUT2D eigenvalue weighted by atomic mass is 32.2. The number of hydrogen-bond donors (Lipinski definition) is 2. The lowest BCUT2D eigenvalue weighted by atomic mass is 10.1. The SMILES string of the molecule is CCn1nc(C(=O)NNC(=O)CN(C)S(=O)(=O)c2ccc(C)cc2)c2ccccc2c1=O. The Balaban J connectivity index is 1.71. The number of aryl methyl sites for hydroxylation is 2. The van der Waals surface area contributed by atoms with Crippen LogP contribution in [0.15, 0.2) is 58.2 Å². The predicted molar refractivity (Wildman–Crippen MR) is 118 cm³/mol. The molecule has 1 aromatic heterocycles. The maximum Gasteiger partial charge on any atom is 0.290 e. The minimum Gasteiger partial charge on any atom is -0.272 e. The number of nitrogens with one attached hydrogen (secondary N) is 2. The van der Waals surface area contributed by atoms with Crippen molar-refractivity contribution in [3.05, 3.63) is 70.1 Å². The van der Waals surface area contributed by atoms with Crippen molar-refractivity contribution in [1.82, 2.24) is 24.9 Å². The van der Waals surface area contributed by atoms with Gasteiger partial charge in [0, 0.05) is 19.0 Å². The fourth-order valence-corrected chi connectivity index (χ4v) is 4.15. The summed E-state index contributed by atoms with van der Waals surface area (Å²) in [5.74, 6) is -1.48. The monoisotopic (exact) mass is 457 g/mol. The van der Waals surface area contributed by atoms with Crippen LogP contribution in [-0.4, -0.2) is 47.9 Å². The van der Waals surface area contributed by atoms with Crippen LogP contribution in [0, 0.1) is 6.92 Å². The molecule has 0 aliphatic rings. The van der Waals surface area contributed by atoms with Gasteiger partial charge in [-0.25, -0.2) is 13.1 Å². The second-order valence-electron chi connectivity index (χ2n) is 7.09. The normalized spacial score (nSPS) is 11.5. The molecule has 0 radical (unpaired) electrons. The topological polar surface area (TPSA) is 130 Å². The molecule has 0 saturated heterocycles. The van der Waals surface area contributed by atoms with E-state index in [0.29, 0.717) is 10.8 Å². The zero-order chi connectivity index (χ0) is 23.5. The summed E-state index contributed by atoms with van der Waals surface area (Å²) in [5.41, 5.74) is 4.96. The van der Waals surface area contributed by atoms with Crippen molar-refractivity contribution in [2.24, 2.45) is 0 Å². The number of sulfonamides is 1. The summed E-state index contributed by atoms with van der Waals surface area (Å²) in [7, 11) is -2.61. The van der Waals surface area contributed by atoms with E-state index in [-0.39, 0.29) is 22.7 Å². The van der Waals surface area contributed by atoms with Gasteiger partial charge in [0.05, 0.1) is 16.8 Å². The molecule has 0 aliphatic carbocycles. The van der Waals surface area contributed by atoms with Crippen LogP contribution in [0.3, 0.4) is 0 Å². The van der Waals surface area contributed by atoms with Crippen molar-refractivity contribution in [2.75, 3.05) is 13.6 Å². The molecule has 0 spiro atoms. The number of benzene rings is 2. The van der Waals surface area contributed by atoms with Crippen molar-refractivity contribution in [2.45, 2.75) is 25.3 Å². The molecule has 2 aromatic carbocycles. The van der Waals surface area contributed by atoms with Gasteiger partial charge in [0.15, 0.2) is 5.69 Å². The molecule has 0 atom stereocenters. The van der Waals surface area contributed by atoms with Crippen molar-refractivity contribution in [3.63, 3.8) is 0 Å². The number of carbonyl (C=O) groups is 2. The first-order valence-electron chi connectivity index (χ1n) is 9.77. The third-order valence-electron chi connectivity index (χ3n) is 4.79. The Morgan fingerprint density at radius 3 is 2.28 bits per heavy atom. The number of carbonyl (C=O) groups excluding carboxylic acids is 2. The fourth-order valence-electron chi connectivity index (χ4n) is 3.02. The van der Waals surface area contributed by atoms with Crippen LogP contribution in [0.25, 0.3) is 10.8 Å². The van der Waals surface area contributed by atoms with Gasteiger partial charge in [0.2, 0.25) is 10.0 Å². The lowest BCUT2D eigenvalue weighted by Crippen LogP contribution is -2.47. The van der Waals surface area contributed by atoms with Gasteiger partial charge >= 0.3 is 0 Å². The van der Waals surface area contributed by atoms with Crippen LogP contribution in [0.5, 0.6) is 0 Å². The van der Waals surface area contributed by atoms with Gasteiger partial charge in [-0.05, 0) is 32.0 Å². The molecular weight excluding hydrogens is 434 g/mol. The minimum absolute atomic E-state index is 0.0389. The van der Waals surface area contributed by atoms with Gasteiger partial charge in [-0.3, -0.25) is 25.2 Å². The zero-order valence-electron chi connectivity index (χ0n) is 17.8. The number of amides is 2. The van der Waals surface area contributed by atoms with E-state index >= 15 is 0 Å². The van der Waals surface area contributed by atoms with Crippen LogP contribution < -0.4 is 16.4 Å². The van der Waals surface area contributed by atoms with E-state index < -0.39 is 28.4 Å². The largest absolute Gasteiger partial charge is 0.290 e. The first-order valence-corrected chi connectivity index (χ1v) is 11.2. The van der Waals surface area contributed by atoms with Gasteiger partial charge in [-0.15, -0.1) is 0 Å². The van der Waals surface area contributed by atoms with E-state index in [9.17, 15) is 22.8 Å². The van der Waals surface area contributed by atoms with E-state index in [1.54, 1.807) is 43.3 Å². The van der Waals surface area contributed by atoms with Crippen LogP contribution in [0.1, 0.15) is 23.0 Å². The zero-order valence-corrected chi connectivity index (χ0v) is 18.6. The van der Waals surface area contributed by atoms with Crippen LogP contribution >= 0.6 is 0 Å². The Bertz CT molecular complexity index is 1330. The van der Waals surface area contributed by atoms with Gasteiger partial charge in [-0.2, -0.15) is 9.40 Å². The first-order chi connectivity index (χ1) is 15.1. The lowest BCUT2D eigenvalue weighted by Gasteiger charge is -2.17. The number of nitrogens with zero attached hydrogens (tertiary/aromatic N) is 3. The smallest absolute Gasteiger partial charge is 0.272 e. The maximum absolute atomic E-state index is 12.6. The lowest BCUT2D eigenvalue weighted by molar-refractivity contribution is -0.121.